The zero-order valence-corrected chi connectivity index (χ0v) is 10.3. The third-order valence-corrected chi connectivity index (χ3v) is 2.32. The van der Waals surface area contributed by atoms with Gasteiger partial charge in [0.1, 0.15) is 11.4 Å². The van der Waals surface area contributed by atoms with Gasteiger partial charge < -0.3 is 4.74 Å². The van der Waals surface area contributed by atoms with Crippen LogP contribution in [0.1, 0.15) is 28.2 Å². The van der Waals surface area contributed by atoms with Crippen LogP contribution in [-0.2, 0) is 5.88 Å². The molecule has 0 spiro atoms. The minimum absolute atomic E-state index is 0.389. The summed E-state index contributed by atoms with van der Waals surface area (Å²) < 4.78 is 65.2. The molecule has 0 atom stereocenters. The van der Waals surface area contributed by atoms with Crippen LogP contribution in [0.5, 0.6) is 5.75 Å². The normalized spacial score (nSPS) is 11.8. The van der Waals surface area contributed by atoms with Crippen molar-refractivity contribution in [3.05, 3.63) is 23.0 Å². The van der Waals surface area contributed by atoms with Gasteiger partial charge in [0.15, 0.2) is 0 Å². The number of pyridine rings is 1. The Bertz CT molecular complexity index is 492. The van der Waals surface area contributed by atoms with Crippen molar-refractivity contribution >= 4 is 28.4 Å². The van der Waals surface area contributed by atoms with E-state index in [1.807, 2.05) is 0 Å². The maximum Gasteiger partial charge on any atom is 0.573 e. The van der Waals surface area contributed by atoms with Gasteiger partial charge in [0.2, 0.25) is 0 Å². The summed E-state index contributed by atoms with van der Waals surface area (Å²) in [4.78, 5) is 14.2. The van der Waals surface area contributed by atoms with Gasteiger partial charge in [-0.3, -0.25) is 4.79 Å². The summed E-state index contributed by atoms with van der Waals surface area (Å²) in [7, 11) is 0. The molecule has 0 saturated heterocycles. The largest absolute Gasteiger partial charge is 0.573 e. The molecular formula is C9H4Cl2F5NO2. The molecule has 10 heteroatoms. The number of alkyl halides is 6. The van der Waals surface area contributed by atoms with Crippen LogP contribution >= 0.6 is 23.2 Å². The number of aromatic nitrogens is 1. The molecule has 0 bridgehead atoms. The summed E-state index contributed by atoms with van der Waals surface area (Å²) in [6, 6.07) is 0.389. The molecular weight excluding hydrogens is 320 g/mol. The first-order chi connectivity index (χ1) is 8.65. The second-order valence-electron chi connectivity index (χ2n) is 3.12. The maximum atomic E-state index is 12.7. The van der Waals surface area contributed by atoms with Gasteiger partial charge in [0.05, 0.1) is 17.1 Å². The highest BCUT2D eigenvalue weighted by Crippen LogP contribution is 2.36. The molecule has 0 fully saturated rings. The van der Waals surface area contributed by atoms with Gasteiger partial charge in [-0.15, -0.1) is 24.8 Å². The topological polar surface area (TPSA) is 39.2 Å². The third-order valence-electron chi connectivity index (χ3n) is 1.87. The average Bonchev–Trinajstić information content (AvgIpc) is 2.24. The monoisotopic (exact) mass is 323 g/mol. The Kier molecular flexibility index (Phi) is 4.92. The van der Waals surface area contributed by atoms with E-state index in [1.165, 1.54) is 0 Å². The number of hydrogen-bond donors (Lipinski definition) is 0. The zero-order valence-electron chi connectivity index (χ0n) is 8.77. The maximum absolute atomic E-state index is 12.7. The minimum atomic E-state index is -5.21. The number of hydrogen-bond acceptors (Lipinski definition) is 3. The number of halogens is 7. The van der Waals surface area contributed by atoms with E-state index < -0.39 is 46.6 Å². The molecule has 0 aromatic carbocycles. The van der Waals surface area contributed by atoms with Crippen molar-refractivity contribution in [1.82, 2.24) is 4.98 Å². The van der Waals surface area contributed by atoms with E-state index in [2.05, 4.69) is 9.72 Å². The van der Waals surface area contributed by atoms with E-state index >= 15 is 0 Å². The van der Waals surface area contributed by atoms with Crippen LogP contribution in [0.25, 0.3) is 0 Å². The summed E-state index contributed by atoms with van der Waals surface area (Å²) in [5.74, 6) is -1.89. The lowest BCUT2D eigenvalue weighted by molar-refractivity contribution is -0.275. The highest BCUT2D eigenvalue weighted by Gasteiger charge is 2.35. The van der Waals surface area contributed by atoms with Crippen LogP contribution in [0.15, 0.2) is 6.07 Å². The first-order valence-corrected chi connectivity index (χ1v) is 5.40. The molecule has 1 aromatic heterocycles. The molecule has 19 heavy (non-hydrogen) atoms. The van der Waals surface area contributed by atoms with Gasteiger partial charge in [-0.05, 0) is 11.6 Å². The molecule has 0 radical (unpaired) electrons. The number of nitrogens with zero attached hydrogens (tertiary/aromatic N) is 1. The smallest absolute Gasteiger partial charge is 0.405 e. The van der Waals surface area contributed by atoms with Crippen LogP contribution in [0.2, 0.25) is 0 Å². The van der Waals surface area contributed by atoms with Crippen LogP contribution < -0.4 is 4.74 Å². The molecule has 0 aliphatic heterocycles. The van der Waals surface area contributed by atoms with E-state index in [-0.39, 0.29) is 0 Å². The molecule has 0 N–H and O–H groups in total. The first-order valence-electron chi connectivity index (χ1n) is 4.49. The van der Waals surface area contributed by atoms with Crippen LogP contribution in [0.4, 0.5) is 22.0 Å². The van der Waals surface area contributed by atoms with Crippen molar-refractivity contribution in [2.45, 2.75) is 18.7 Å². The second-order valence-corrected chi connectivity index (χ2v) is 3.73. The third kappa shape index (κ3) is 4.17. The van der Waals surface area contributed by atoms with Crippen molar-refractivity contribution in [2.75, 3.05) is 0 Å². The Morgan fingerprint density at radius 3 is 2.37 bits per heavy atom. The van der Waals surface area contributed by atoms with E-state index in [1.54, 1.807) is 0 Å². The fourth-order valence-corrected chi connectivity index (χ4v) is 1.53. The molecule has 1 aromatic rings. The lowest BCUT2D eigenvalue weighted by Gasteiger charge is -2.15. The standard InChI is InChI=1S/C9H4Cl2F5NO2/c10-2-4-6(8(12)13)5(19-9(14,15)16)1-3(17-4)7(11)18/h1,8H,2H2. The van der Waals surface area contributed by atoms with Crippen molar-refractivity contribution in [3.63, 3.8) is 0 Å². The van der Waals surface area contributed by atoms with Crippen molar-refractivity contribution in [3.8, 4) is 5.75 Å². The Morgan fingerprint density at radius 1 is 1.42 bits per heavy atom. The minimum Gasteiger partial charge on any atom is -0.405 e. The molecule has 0 aliphatic rings. The Balaban J connectivity index is 3.45. The quantitative estimate of drug-likeness (QED) is 0.477. The van der Waals surface area contributed by atoms with Gasteiger partial charge in [-0.1, -0.05) is 0 Å². The summed E-state index contributed by atoms with van der Waals surface area (Å²) in [6.45, 7) is 0. The van der Waals surface area contributed by atoms with Gasteiger partial charge in [-0.25, -0.2) is 13.8 Å². The molecule has 106 valence electrons. The van der Waals surface area contributed by atoms with Crippen LogP contribution in [-0.4, -0.2) is 16.6 Å². The molecule has 1 heterocycles. The second kappa shape index (κ2) is 5.87. The summed E-state index contributed by atoms with van der Waals surface area (Å²) >= 11 is 10.3. The molecule has 1 rings (SSSR count). The lowest BCUT2D eigenvalue weighted by atomic mass is 10.1. The van der Waals surface area contributed by atoms with Crippen molar-refractivity contribution in [1.29, 1.82) is 0 Å². The Morgan fingerprint density at radius 2 is 2.00 bits per heavy atom. The fraction of sp³-hybridized carbons (Fsp3) is 0.333. The zero-order chi connectivity index (χ0) is 14.8. The number of carbonyl (C=O) groups excluding carboxylic acids is 1. The molecule has 0 amide bonds. The van der Waals surface area contributed by atoms with E-state index in [0.29, 0.717) is 6.07 Å². The predicted molar refractivity (Wildman–Crippen MR) is 55.6 cm³/mol. The summed E-state index contributed by atoms with van der Waals surface area (Å²) in [5.41, 5.74) is -2.41. The average molecular weight is 324 g/mol. The Hall–Kier alpha value is -1.15. The fourth-order valence-electron chi connectivity index (χ4n) is 1.23. The first kappa shape index (κ1) is 15.9. The SMILES string of the molecule is O=C(Cl)c1cc(OC(F)(F)F)c(C(F)F)c(CCl)n1. The number of carbonyl (C=O) groups is 1. The molecule has 3 nitrogen and oxygen atoms in total. The highest BCUT2D eigenvalue weighted by atomic mass is 35.5. The van der Waals surface area contributed by atoms with Crippen LogP contribution in [0, 0.1) is 0 Å². The molecule has 0 aliphatic carbocycles. The van der Waals surface area contributed by atoms with E-state index in [9.17, 15) is 26.7 Å². The number of ether oxygens (including phenoxy) is 1. The van der Waals surface area contributed by atoms with E-state index in [0.717, 1.165) is 0 Å². The predicted octanol–water partition coefficient (Wildman–Crippen LogP) is 4.04. The van der Waals surface area contributed by atoms with Gasteiger partial charge in [-0.2, -0.15) is 0 Å². The Labute approximate surface area is 113 Å². The lowest BCUT2D eigenvalue weighted by Crippen LogP contribution is -2.19. The van der Waals surface area contributed by atoms with Gasteiger partial charge in [0.25, 0.3) is 11.7 Å². The van der Waals surface area contributed by atoms with Crippen LogP contribution in [0.3, 0.4) is 0 Å². The number of rotatable bonds is 4. The van der Waals surface area contributed by atoms with E-state index in [4.69, 9.17) is 23.2 Å². The summed E-state index contributed by atoms with van der Waals surface area (Å²) in [5, 5.41) is -1.22. The molecule has 0 saturated carbocycles. The van der Waals surface area contributed by atoms with Crippen molar-refractivity contribution in [2.24, 2.45) is 0 Å². The van der Waals surface area contributed by atoms with Crippen molar-refractivity contribution < 1.29 is 31.5 Å². The highest BCUT2D eigenvalue weighted by molar-refractivity contribution is 6.67. The summed E-state index contributed by atoms with van der Waals surface area (Å²) in [6.07, 6.45) is -8.51. The van der Waals surface area contributed by atoms with Gasteiger partial charge in [0, 0.05) is 6.07 Å². The molecule has 0 unspecified atom stereocenters. The van der Waals surface area contributed by atoms with Gasteiger partial charge >= 0.3 is 6.36 Å².